The summed E-state index contributed by atoms with van der Waals surface area (Å²) in [4.78, 5) is 25.7. The fourth-order valence-corrected chi connectivity index (χ4v) is 6.00. The van der Waals surface area contributed by atoms with Gasteiger partial charge in [0.2, 0.25) is 5.91 Å². The molecule has 2 aliphatic rings. The summed E-state index contributed by atoms with van der Waals surface area (Å²) in [5.74, 6) is 1.82. The van der Waals surface area contributed by atoms with Crippen LogP contribution in [0.5, 0.6) is 0 Å². The highest BCUT2D eigenvalue weighted by Gasteiger charge is 2.54. The molecule has 1 aromatic rings. The second kappa shape index (κ2) is 5.25. The first-order chi connectivity index (χ1) is 9.95. The van der Waals surface area contributed by atoms with E-state index in [0.717, 1.165) is 22.8 Å². The lowest BCUT2D eigenvalue weighted by Gasteiger charge is -2.21. The molecule has 0 bridgehead atoms. The number of nitrogens with zero attached hydrogens (tertiary/aromatic N) is 1. The average molecular weight is 322 g/mol. The van der Waals surface area contributed by atoms with Gasteiger partial charge in [0.05, 0.1) is 5.69 Å². The Hall–Kier alpha value is -1.14. The highest BCUT2D eigenvalue weighted by molar-refractivity contribution is 8.21. The van der Waals surface area contributed by atoms with Crippen molar-refractivity contribution in [2.24, 2.45) is 5.73 Å². The average Bonchev–Trinajstić information content (AvgIpc) is 3.00. The van der Waals surface area contributed by atoms with Crippen LogP contribution in [0.1, 0.15) is 30.9 Å². The number of hydrogen-bond donors (Lipinski definition) is 1. The summed E-state index contributed by atoms with van der Waals surface area (Å²) in [7, 11) is 0. The van der Waals surface area contributed by atoms with Gasteiger partial charge in [-0.1, -0.05) is 26.0 Å². The van der Waals surface area contributed by atoms with E-state index < -0.39 is 9.99 Å². The number of carbonyl (C=O) groups is 2. The van der Waals surface area contributed by atoms with Gasteiger partial charge in [0.15, 0.2) is 4.08 Å². The van der Waals surface area contributed by atoms with E-state index in [1.807, 2.05) is 12.1 Å². The molecule has 0 aliphatic carbocycles. The number of benzene rings is 1. The highest BCUT2D eigenvalue weighted by Crippen LogP contribution is 2.59. The maximum atomic E-state index is 12.9. The van der Waals surface area contributed by atoms with Crippen LogP contribution in [-0.4, -0.2) is 29.9 Å². The summed E-state index contributed by atoms with van der Waals surface area (Å²) >= 11 is 3.35. The van der Waals surface area contributed by atoms with E-state index in [0.29, 0.717) is 5.92 Å². The molecule has 0 saturated carbocycles. The van der Waals surface area contributed by atoms with Crippen LogP contribution in [0.15, 0.2) is 18.2 Å². The van der Waals surface area contributed by atoms with Gasteiger partial charge in [-0.05, 0) is 17.5 Å². The quantitative estimate of drug-likeness (QED) is 0.927. The minimum atomic E-state index is -0.574. The third-order valence-corrected chi connectivity index (χ3v) is 7.25. The molecule has 2 aliphatic heterocycles. The molecule has 1 aromatic carbocycles. The molecule has 1 saturated heterocycles. The maximum Gasteiger partial charge on any atom is 0.258 e. The standard InChI is InChI=1S/C15H18N2O2S2/c1-9(2)10-3-4-12-11(7-10)15(20-5-6-21-15)14(19)17(12)8-13(16)18/h3-4,7,9H,5-6,8H2,1-2H3,(H2,16,18). The molecular weight excluding hydrogens is 304 g/mol. The van der Waals surface area contributed by atoms with E-state index in [1.165, 1.54) is 5.56 Å². The Bertz CT molecular complexity index is 610. The Morgan fingerprint density at radius 3 is 2.62 bits per heavy atom. The van der Waals surface area contributed by atoms with Crippen LogP contribution < -0.4 is 10.6 Å². The first kappa shape index (κ1) is 14.8. The molecule has 2 N–H and O–H groups in total. The number of nitrogens with two attached hydrogens (primary N) is 1. The third-order valence-electron chi connectivity index (χ3n) is 3.87. The molecule has 0 radical (unpaired) electrons. The summed E-state index contributed by atoms with van der Waals surface area (Å²) < 4.78 is -0.574. The number of anilines is 1. The van der Waals surface area contributed by atoms with Gasteiger partial charge in [0.1, 0.15) is 6.54 Å². The number of carbonyl (C=O) groups excluding carboxylic acids is 2. The number of amides is 2. The second-order valence-corrected chi connectivity index (χ2v) is 8.48. The van der Waals surface area contributed by atoms with Crippen molar-refractivity contribution < 1.29 is 9.59 Å². The number of thioether (sulfide) groups is 2. The lowest BCUT2D eigenvalue weighted by atomic mass is 9.99. The number of hydrogen-bond acceptors (Lipinski definition) is 4. The normalized spacial score (nSPS) is 19.6. The zero-order valence-corrected chi connectivity index (χ0v) is 13.7. The molecule has 0 aromatic heterocycles. The first-order valence-electron chi connectivity index (χ1n) is 6.98. The fraction of sp³-hybridized carbons (Fsp3) is 0.467. The van der Waals surface area contributed by atoms with Gasteiger partial charge in [0.25, 0.3) is 5.91 Å². The largest absolute Gasteiger partial charge is 0.368 e. The van der Waals surface area contributed by atoms with Gasteiger partial charge in [-0.15, -0.1) is 23.5 Å². The van der Waals surface area contributed by atoms with Gasteiger partial charge in [-0.3, -0.25) is 9.59 Å². The van der Waals surface area contributed by atoms with E-state index in [4.69, 9.17) is 5.73 Å². The van der Waals surface area contributed by atoms with Crippen LogP contribution in [0.2, 0.25) is 0 Å². The zero-order chi connectivity index (χ0) is 15.2. The maximum absolute atomic E-state index is 12.9. The lowest BCUT2D eigenvalue weighted by molar-refractivity contribution is -0.122. The summed E-state index contributed by atoms with van der Waals surface area (Å²) in [6, 6.07) is 6.12. The highest BCUT2D eigenvalue weighted by atomic mass is 32.2. The van der Waals surface area contributed by atoms with Crippen LogP contribution in [0.4, 0.5) is 5.69 Å². The number of fused-ring (bicyclic) bond motifs is 2. The van der Waals surface area contributed by atoms with Crippen LogP contribution in [0.3, 0.4) is 0 Å². The Morgan fingerprint density at radius 1 is 1.38 bits per heavy atom. The molecule has 1 spiro atoms. The van der Waals surface area contributed by atoms with E-state index in [9.17, 15) is 9.59 Å². The fourth-order valence-electron chi connectivity index (χ4n) is 2.82. The minimum absolute atomic E-state index is 0.00953. The summed E-state index contributed by atoms with van der Waals surface area (Å²) in [6.45, 7) is 4.23. The summed E-state index contributed by atoms with van der Waals surface area (Å²) in [5, 5.41) is 0. The van der Waals surface area contributed by atoms with Crippen molar-refractivity contribution in [3.63, 3.8) is 0 Å². The Labute approximate surface area is 132 Å². The van der Waals surface area contributed by atoms with Gasteiger partial charge in [-0.25, -0.2) is 0 Å². The van der Waals surface area contributed by atoms with Crippen LogP contribution >= 0.6 is 23.5 Å². The van der Waals surface area contributed by atoms with Crippen LogP contribution in [0, 0.1) is 0 Å². The Kier molecular flexibility index (Phi) is 3.69. The number of primary amides is 1. The SMILES string of the molecule is CC(C)c1ccc2c(c1)C1(SCCS1)C(=O)N2CC(N)=O. The summed E-state index contributed by atoms with van der Waals surface area (Å²) in [5.41, 5.74) is 8.40. The van der Waals surface area contributed by atoms with Crippen molar-refractivity contribution in [3.05, 3.63) is 29.3 Å². The third kappa shape index (κ3) is 2.25. The molecule has 0 unspecified atom stereocenters. The van der Waals surface area contributed by atoms with Crippen molar-refractivity contribution in [1.29, 1.82) is 0 Å². The van der Waals surface area contributed by atoms with E-state index in [1.54, 1.807) is 28.4 Å². The first-order valence-corrected chi connectivity index (χ1v) is 8.95. The van der Waals surface area contributed by atoms with Gasteiger partial charge in [0, 0.05) is 17.1 Å². The van der Waals surface area contributed by atoms with Crippen molar-refractivity contribution in [2.45, 2.75) is 23.8 Å². The predicted molar refractivity (Wildman–Crippen MR) is 88.7 cm³/mol. The predicted octanol–water partition coefficient (Wildman–Crippen LogP) is 2.27. The Balaban J connectivity index is 2.13. The van der Waals surface area contributed by atoms with Crippen molar-refractivity contribution in [1.82, 2.24) is 0 Å². The molecule has 6 heteroatoms. The lowest BCUT2D eigenvalue weighted by Crippen LogP contribution is -2.40. The van der Waals surface area contributed by atoms with Crippen molar-refractivity contribution in [2.75, 3.05) is 23.0 Å². The van der Waals surface area contributed by atoms with Crippen molar-refractivity contribution in [3.8, 4) is 0 Å². The smallest absolute Gasteiger partial charge is 0.258 e. The van der Waals surface area contributed by atoms with E-state index >= 15 is 0 Å². The van der Waals surface area contributed by atoms with Gasteiger partial charge < -0.3 is 10.6 Å². The monoisotopic (exact) mass is 322 g/mol. The second-order valence-electron chi connectivity index (χ2n) is 5.60. The molecule has 1 fully saturated rings. The molecule has 2 amide bonds. The molecule has 21 heavy (non-hydrogen) atoms. The molecule has 4 nitrogen and oxygen atoms in total. The summed E-state index contributed by atoms with van der Waals surface area (Å²) in [6.07, 6.45) is 0. The van der Waals surface area contributed by atoms with E-state index in [-0.39, 0.29) is 12.5 Å². The van der Waals surface area contributed by atoms with Gasteiger partial charge in [-0.2, -0.15) is 0 Å². The van der Waals surface area contributed by atoms with Crippen LogP contribution in [0.25, 0.3) is 0 Å². The molecule has 0 atom stereocenters. The molecular formula is C15H18N2O2S2. The molecule has 3 rings (SSSR count). The van der Waals surface area contributed by atoms with Gasteiger partial charge >= 0.3 is 0 Å². The number of rotatable bonds is 3. The van der Waals surface area contributed by atoms with Crippen molar-refractivity contribution >= 4 is 41.0 Å². The zero-order valence-electron chi connectivity index (χ0n) is 12.1. The Morgan fingerprint density at radius 2 is 2.05 bits per heavy atom. The van der Waals surface area contributed by atoms with Crippen LogP contribution in [-0.2, 0) is 13.7 Å². The topological polar surface area (TPSA) is 63.4 Å². The minimum Gasteiger partial charge on any atom is -0.368 e. The van der Waals surface area contributed by atoms with E-state index in [2.05, 4.69) is 19.9 Å². The molecule has 2 heterocycles. The molecule has 112 valence electrons.